The smallest absolute Gasteiger partial charge is 0.198 e. The molecule has 0 aromatic heterocycles. The molecule has 0 N–H and O–H groups in total. The zero-order valence-electron chi connectivity index (χ0n) is 6.41. The van der Waals surface area contributed by atoms with Crippen molar-refractivity contribution in [3.63, 3.8) is 0 Å². The van der Waals surface area contributed by atoms with Crippen LogP contribution in [-0.4, -0.2) is 10.9 Å². The van der Waals surface area contributed by atoms with Gasteiger partial charge in [0.2, 0.25) is 0 Å². The molecule has 0 unspecified atom stereocenters. The number of alkyl halides is 2. The molecule has 0 heterocycles. The third-order valence-corrected chi connectivity index (χ3v) is 2.01. The van der Waals surface area contributed by atoms with E-state index in [0.29, 0.717) is 22.3 Å². The number of rotatable bonds is 3. The summed E-state index contributed by atoms with van der Waals surface area (Å²) in [7, 11) is 0. The van der Waals surface area contributed by atoms with Crippen molar-refractivity contribution < 1.29 is 8.78 Å². The van der Waals surface area contributed by atoms with Crippen LogP contribution in [-0.2, 0) is 0 Å². The van der Waals surface area contributed by atoms with Gasteiger partial charge in [0.05, 0.1) is 10.8 Å². The number of hydrogen-bond donors (Lipinski definition) is 0. The van der Waals surface area contributed by atoms with Crippen LogP contribution in [0.25, 0.3) is 0 Å². The van der Waals surface area contributed by atoms with Gasteiger partial charge in [-0.1, -0.05) is 17.8 Å². The summed E-state index contributed by atoms with van der Waals surface area (Å²) in [5, 5.41) is 2.18. The molecule has 0 radical (unpaired) electrons. The maximum atomic E-state index is 11.9. The summed E-state index contributed by atoms with van der Waals surface area (Å²) >= 11 is 4.88. The molecule has 13 heavy (non-hydrogen) atoms. The van der Waals surface area contributed by atoms with Crippen molar-refractivity contribution in [2.75, 3.05) is 0 Å². The molecule has 0 aliphatic carbocycles. The Balaban J connectivity index is 2.85. The van der Waals surface area contributed by atoms with Crippen LogP contribution in [0.15, 0.2) is 34.2 Å². The molecule has 0 atom stereocenters. The first kappa shape index (κ1) is 10.3. The summed E-state index contributed by atoms with van der Waals surface area (Å²) in [4.78, 5) is 4.15. The van der Waals surface area contributed by atoms with Crippen LogP contribution in [0, 0.1) is 0 Å². The van der Waals surface area contributed by atoms with Gasteiger partial charge in [-0.3, -0.25) is 0 Å². The number of halogens is 2. The van der Waals surface area contributed by atoms with Crippen LogP contribution < -0.4 is 0 Å². The van der Waals surface area contributed by atoms with Crippen molar-refractivity contribution in [3.05, 3.63) is 24.3 Å². The van der Waals surface area contributed by atoms with Crippen molar-refractivity contribution >= 4 is 34.8 Å². The minimum atomic E-state index is -2.41. The first-order valence-electron chi connectivity index (χ1n) is 3.35. The van der Waals surface area contributed by atoms with Gasteiger partial charge in [0.15, 0.2) is 0 Å². The highest BCUT2D eigenvalue weighted by Gasteiger charge is 2.04. The van der Waals surface area contributed by atoms with Gasteiger partial charge < -0.3 is 0 Å². The molecule has 0 aliphatic heterocycles. The lowest BCUT2D eigenvalue weighted by molar-refractivity contribution is 0.252. The molecular weight excluding hydrogens is 212 g/mol. The largest absolute Gasteiger partial charge is 0.288 e. The molecule has 0 saturated heterocycles. The highest BCUT2D eigenvalue weighted by atomic mass is 32.2. The molecule has 1 rings (SSSR count). The van der Waals surface area contributed by atoms with Gasteiger partial charge in [-0.15, -0.1) is 0 Å². The summed E-state index contributed by atoms with van der Waals surface area (Å²) in [5.41, 5.74) is 0.542. The Morgan fingerprint density at radius 3 is 2.85 bits per heavy atom. The number of hydrogen-bond acceptors (Lipinski definition) is 3. The zero-order valence-corrected chi connectivity index (χ0v) is 8.04. The molecule has 1 aromatic carbocycles. The molecule has 0 aliphatic rings. The van der Waals surface area contributed by atoms with Crippen LogP contribution in [0.4, 0.5) is 14.5 Å². The molecule has 1 nitrogen and oxygen atoms in total. The van der Waals surface area contributed by atoms with Crippen LogP contribution in [0.5, 0.6) is 0 Å². The molecule has 0 spiro atoms. The van der Waals surface area contributed by atoms with Crippen LogP contribution in [0.1, 0.15) is 0 Å². The monoisotopic (exact) mass is 217 g/mol. The molecule has 0 bridgehead atoms. The average Bonchev–Trinajstić information content (AvgIpc) is 2.04. The lowest BCUT2D eigenvalue weighted by Crippen LogP contribution is -1.80. The van der Waals surface area contributed by atoms with Crippen LogP contribution in [0.3, 0.4) is 0 Å². The minimum Gasteiger partial charge on any atom is -0.198 e. The van der Waals surface area contributed by atoms with E-state index in [1.165, 1.54) is 6.07 Å². The van der Waals surface area contributed by atoms with E-state index < -0.39 is 5.76 Å². The zero-order chi connectivity index (χ0) is 9.68. The maximum Gasteiger partial charge on any atom is 0.288 e. The Hall–Kier alpha value is -0.770. The molecule has 0 fully saturated rings. The van der Waals surface area contributed by atoms with E-state index in [0.717, 1.165) is 0 Å². The van der Waals surface area contributed by atoms with E-state index in [4.69, 9.17) is 0 Å². The van der Waals surface area contributed by atoms with Gasteiger partial charge in [0.1, 0.15) is 0 Å². The second-order valence-electron chi connectivity index (χ2n) is 2.08. The van der Waals surface area contributed by atoms with E-state index in [1.807, 2.05) is 0 Å². The molecule has 1 aromatic rings. The van der Waals surface area contributed by atoms with E-state index in [9.17, 15) is 8.78 Å². The number of aliphatic imine (C=N–C) groups is 1. The Labute approximate surface area is 83.9 Å². The van der Waals surface area contributed by atoms with Gasteiger partial charge in [-0.25, -0.2) is 0 Å². The van der Waals surface area contributed by atoms with Crippen molar-refractivity contribution in [2.24, 2.45) is 4.99 Å². The fourth-order valence-corrected chi connectivity index (χ4v) is 1.44. The SMILES string of the molecule is FC(F)Sc1cccc(N=C=S)c1. The number of benzene rings is 1. The fraction of sp³-hybridized carbons (Fsp3) is 0.125. The molecule has 5 heteroatoms. The second kappa shape index (κ2) is 5.07. The lowest BCUT2D eigenvalue weighted by Gasteiger charge is -1.99. The Kier molecular flexibility index (Phi) is 4.02. The first-order chi connectivity index (χ1) is 6.22. The van der Waals surface area contributed by atoms with E-state index in [1.54, 1.807) is 18.2 Å². The highest BCUT2D eigenvalue weighted by Crippen LogP contribution is 2.27. The third kappa shape index (κ3) is 3.63. The minimum absolute atomic E-state index is 0.474. The fourth-order valence-electron chi connectivity index (χ4n) is 0.782. The highest BCUT2D eigenvalue weighted by molar-refractivity contribution is 7.99. The van der Waals surface area contributed by atoms with Crippen LogP contribution >= 0.6 is 24.0 Å². The van der Waals surface area contributed by atoms with Gasteiger partial charge in [0, 0.05) is 4.90 Å². The first-order valence-corrected chi connectivity index (χ1v) is 4.64. The molecule has 0 saturated carbocycles. The van der Waals surface area contributed by atoms with E-state index >= 15 is 0 Å². The van der Waals surface area contributed by atoms with Crippen molar-refractivity contribution in [1.82, 2.24) is 0 Å². The third-order valence-electron chi connectivity index (χ3n) is 1.22. The number of thioether (sulfide) groups is 1. The summed E-state index contributed by atoms with van der Waals surface area (Å²) in [6.45, 7) is 0. The van der Waals surface area contributed by atoms with Crippen molar-refractivity contribution in [2.45, 2.75) is 10.7 Å². The van der Waals surface area contributed by atoms with Gasteiger partial charge >= 0.3 is 0 Å². The summed E-state index contributed by atoms with van der Waals surface area (Å²) in [5.74, 6) is -2.41. The summed E-state index contributed by atoms with van der Waals surface area (Å²) in [6.07, 6.45) is 0. The normalized spacial score (nSPS) is 9.77. The Morgan fingerprint density at radius 1 is 1.46 bits per heavy atom. The lowest BCUT2D eigenvalue weighted by atomic mass is 10.3. The van der Waals surface area contributed by atoms with Gasteiger partial charge in [-0.05, 0) is 30.4 Å². The van der Waals surface area contributed by atoms with Gasteiger partial charge in [-0.2, -0.15) is 13.8 Å². The molecule has 68 valence electrons. The topological polar surface area (TPSA) is 12.4 Å². The predicted octanol–water partition coefficient (Wildman–Crippen LogP) is 3.74. The van der Waals surface area contributed by atoms with E-state index in [-0.39, 0.29) is 0 Å². The summed E-state index contributed by atoms with van der Waals surface area (Å²) in [6, 6.07) is 6.46. The van der Waals surface area contributed by atoms with Crippen LogP contribution in [0.2, 0.25) is 0 Å². The maximum absolute atomic E-state index is 11.9. The molecular formula is C8H5F2NS2. The van der Waals surface area contributed by atoms with Crippen molar-refractivity contribution in [1.29, 1.82) is 0 Å². The standard InChI is InChI=1S/C8H5F2NS2/c9-8(10)13-7-3-1-2-6(4-7)11-5-12/h1-4,8H. The van der Waals surface area contributed by atoms with E-state index in [2.05, 4.69) is 22.4 Å². The number of thiocarbonyl (C=S) groups is 1. The quantitative estimate of drug-likeness (QED) is 0.434. The van der Waals surface area contributed by atoms with Crippen molar-refractivity contribution in [3.8, 4) is 0 Å². The Morgan fingerprint density at radius 2 is 2.23 bits per heavy atom. The Bertz CT molecular complexity index is 335. The predicted molar refractivity (Wildman–Crippen MR) is 53.0 cm³/mol. The number of nitrogens with zero attached hydrogens (tertiary/aromatic N) is 1. The van der Waals surface area contributed by atoms with Gasteiger partial charge in [0.25, 0.3) is 5.76 Å². The summed E-state index contributed by atoms with van der Waals surface area (Å²) < 4.78 is 23.9. The number of isothiocyanates is 1. The average molecular weight is 217 g/mol. The second-order valence-corrected chi connectivity index (χ2v) is 3.32. The molecule has 0 amide bonds.